The Morgan fingerprint density at radius 2 is 2.12 bits per heavy atom. The number of piperidine rings is 1. The fourth-order valence-corrected chi connectivity index (χ4v) is 3.35. The number of carboxylic acids is 1. The van der Waals surface area contributed by atoms with Crippen LogP contribution in [0.2, 0.25) is 0 Å². The Morgan fingerprint density at radius 1 is 1.42 bits per heavy atom. The zero-order valence-corrected chi connectivity index (χ0v) is 14.0. The van der Waals surface area contributed by atoms with Gasteiger partial charge < -0.3 is 20.1 Å². The molecule has 0 bridgehead atoms. The summed E-state index contributed by atoms with van der Waals surface area (Å²) in [4.78, 5) is 36.5. The zero-order valence-electron chi connectivity index (χ0n) is 13.2. The van der Waals surface area contributed by atoms with E-state index in [2.05, 4.69) is 11.9 Å². The lowest BCUT2D eigenvalue weighted by atomic mass is 9.93. The van der Waals surface area contributed by atoms with Crippen LogP contribution in [0.5, 0.6) is 0 Å². The van der Waals surface area contributed by atoms with E-state index in [-0.39, 0.29) is 30.1 Å². The molecule has 1 saturated heterocycles. The van der Waals surface area contributed by atoms with Crippen LogP contribution in [-0.4, -0.2) is 47.7 Å². The normalized spacial score (nSPS) is 14.9. The first-order chi connectivity index (χ1) is 11.5. The SMILES string of the molecule is C=CCOC(=O)N1CCC(CC(=O)Nc2sccc2C(=O)O)CC1. The van der Waals surface area contributed by atoms with Gasteiger partial charge in [0.1, 0.15) is 11.6 Å². The fourth-order valence-electron chi connectivity index (χ4n) is 2.56. The van der Waals surface area contributed by atoms with Gasteiger partial charge in [-0.1, -0.05) is 12.7 Å². The number of nitrogens with one attached hydrogen (secondary N) is 1. The van der Waals surface area contributed by atoms with Gasteiger partial charge in [0, 0.05) is 19.5 Å². The molecule has 8 heteroatoms. The number of nitrogens with zero attached hydrogens (tertiary/aromatic N) is 1. The standard InChI is InChI=1S/C16H20N2O5S/c1-2-8-23-16(22)18-6-3-11(4-7-18)10-13(19)17-14-12(15(20)21)5-9-24-14/h2,5,9,11H,1,3-4,6-8,10H2,(H,17,19)(H,20,21). The quantitative estimate of drug-likeness (QED) is 0.768. The highest BCUT2D eigenvalue weighted by Gasteiger charge is 2.25. The highest BCUT2D eigenvalue weighted by molar-refractivity contribution is 7.14. The second-order valence-corrected chi connectivity index (χ2v) is 6.43. The predicted molar refractivity (Wildman–Crippen MR) is 90.4 cm³/mol. The van der Waals surface area contributed by atoms with Gasteiger partial charge in [-0.25, -0.2) is 9.59 Å². The van der Waals surface area contributed by atoms with Crippen LogP contribution in [0.3, 0.4) is 0 Å². The van der Waals surface area contributed by atoms with E-state index in [4.69, 9.17) is 9.84 Å². The molecule has 1 aromatic heterocycles. The van der Waals surface area contributed by atoms with Gasteiger partial charge in [0.25, 0.3) is 0 Å². The summed E-state index contributed by atoms with van der Waals surface area (Å²) >= 11 is 1.19. The molecule has 24 heavy (non-hydrogen) atoms. The van der Waals surface area contributed by atoms with Crippen molar-refractivity contribution >= 4 is 34.3 Å². The first-order valence-electron chi connectivity index (χ1n) is 7.64. The molecule has 1 aliphatic heterocycles. The molecule has 0 atom stereocenters. The summed E-state index contributed by atoms with van der Waals surface area (Å²) in [5, 5.41) is 13.7. The summed E-state index contributed by atoms with van der Waals surface area (Å²) in [7, 11) is 0. The molecule has 2 rings (SSSR count). The van der Waals surface area contributed by atoms with Crippen LogP contribution in [0.25, 0.3) is 0 Å². The van der Waals surface area contributed by atoms with Crippen LogP contribution >= 0.6 is 11.3 Å². The van der Waals surface area contributed by atoms with Crippen molar-refractivity contribution < 1.29 is 24.2 Å². The lowest BCUT2D eigenvalue weighted by Crippen LogP contribution is -2.39. The topological polar surface area (TPSA) is 95.9 Å². The first kappa shape index (κ1) is 18.0. The van der Waals surface area contributed by atoms with E-state index in [1.54, 1.807) is 10.3 Å². The highest BCUT2D eigenvalue weighted by atomic mass is 32.1. The number of carbonyl (C=O) groups is 3. The number of hydrogen-bond donors (Lipinski definition) is 2. The second kappa shape index (κ2) is 8.49. The van der Waals surface area contributed by atoms with Crippen LogP contribution in [0, 0.1) is 5.92 Å². The lowest BCUT2D eigenvalue weighted by molar-refractivity contribution is -0.117. The maximum atomic E-state index is 12.1. The third-order valence-electron chi connectivity index (χ3n) is 3.82. The van der Waals surface area contributed by atoms with Crippen molar-refractivity contribution in [2.75, 3.05) is 25.0 Å². The summed E-state index contributed by atoms with van der Waals surface area (Å²) in [5.41, 5.74) is 0.105. The number of likely N-dealkylation sites (tertiary alicyclic amines) is 1. The van der Waals surface area contributed by atoms with Gasteiger partial charge >= 0.3 is 12.1 Å². The molecule has 130 valence electrons. The number of carboxylic acid groups (broad SMARTS) is 1. The Bertz CT molecular complexity index is 620. The van der Waals surface area contributed by atoms with Gasteiger partial charge in [-0.3, -0.25) is 4.79 Å². The van der Waals surface area contributed by atoms with Crippen LogP contribution in [0.15, 0.2) is 24.1 Å². The molecule has 0 spiro atoms. The molecule has 0 aliphatic carbocycles. The van der Waals surface area contributed by atoms with E-state index in [0.29, 0.717) is 37.4 Å². The Labute approximate surface area is 143 Å². The van der Waals surface area contributed by atoms with Gasteiger partial charge in [-0.15, -0.1) is 11.3 Å². The number of hydrogen-bond acceptors (Lipinski definition) is 5. The van der Waals surface area contributed by atoms with Crippen LogP contribution in [-0.2, 0) is 9.53 Å². The van der Waals surface area contributed by atoms with E-state index in [0.717, 1.165) is 0 Å². The van der Waals surface area contributed by atoms with Crippen molar-refractivity contribution in [3.05, 3.63) is 29.7 Å². The number of rotatable bonds is 6. The van der Waals surface area contributed by atoms with Gasteiger partial charge in [0.2, 0.25) is 5.91 Å². The number of amides is 2. The minimum Gasteiger partial charge on any atom is -0.478 e. The molecular formula is C16H20N2O5S. The second-order valence-electron chi connectivity index (χ2n) is 5.52. The minimum absolute atomic E-state index is 0.105. The van der Waals surface area contributed by atoms with Crippen LogP contribution in [0.4, 0.5) is 9.80 Å². The summed E-state index contributed by atoms with van der Waals surface area (Å²) in [6, 6.07) is 1.47. The fraction of sp³-hybridized carbons (Fsp3) is 0.438. The van der Waals surface area contributed by atoms with E-state index in [1.165, 1.54) is 23.5 Å². The average molecular weight is 352 g/mol. The van der Waals surface area contributed by atoms with Gasteiger partial charge in [0.05, 0.1) is 5.56 Å². The maximum Gasteiger partial charge on any atom is 0.410 e. The lowest BCUT2D eigenvalue weighted by Gasteiger charge is -2.30. The summed E-state index contributed by atoms with van der Waals surface area (Å²) in [6.07, 6.45) is 2.90. The number of aromatic carboxylic acids is 1. The van der Waals surface area contributed by atoms with Crippen molar-refractivity contribution in [2.45, 2.75) is 19.3 Å². The Hall–Kier alpha value is -2.35. The largest absolute Gasteiger partial charge is 0.478 e. The average Bonchev–Trinajstić information content (AvgIpc) is 3.01. The Balaban J connectivity index is 1.78. The molecule has 1 aromatic rings. The Kier molecular flexibility index (Phi) is 6.36. The third kappa shape index (κ3) is 4.82. The van der Waals surface area contributed by atoms with Crippen molar-refractivity contribution in [3.8, 4) is 0 Å². The molecule has 0 saturated carbocycles. The molecule has 2 heterocycles. The number of anilines is 1. The Morgan fingerprint density at radius 3 is 2.75 bits per heavy atom. The van der Waals surface area contributed by atoms with Crippen molar-refractivity contribution in [1.29, 1.82) is 0 Å². The van der Waals surface area contributed by atoms with E-state index >= 15 is 0 Å². The third-order valence-corrected chi connectivity index (χ3v) is 4.65. The molecule has 2 N–H and O–H groups in total. The van der Waals surface area contributed by atoms with E-state index in [9.17, 15) is 14.4 Å². The van der Waals surface area contributed by atoms with Gasteiger partial charge in [-0.05, 0) is 30.2 Å². The predicted octanol–water partition coefficient (Wildman–Crippen LogP) is 2.81. The van der Waals surface area contributed by atoms with E-state index in [1.807, 2.05) is 0 Å². The molecule has 1 aliphatic rings. The molecular weight excluding hydrogens is 332 g/mol. The maximum absolute atomic E-state index is 12.1. The van der Waals surface area contributed by atoms with Crippen LogP contribution in [0.1, 0.15) is 29.6 Å². The molecule has 1 fully saturated rings. The smallest absolute Gasteiger partial charge is 0.410 e. The van der Waals surface area contributed by atoms with E-state index < -0.39 is 5.97 Å². The summed E-state index contributed by atoms with van der Waals surface area (Å²) in [5.74, 6) is -1.09. The molecule has 7 nitrogen and oxygen atoms in total. The van der Waals surface area contributed by atoms with Gasteiger partial charge in [0.15, 0.2) is 0 Å². The monoisotopic (exact) mass is 352 g/mol. The van der Waals surface area contributed by atoms with Crippen molar-refractivity contribution in [2.24, 2.45) is 5.92 Å². The highest BCUT2D eigenvalue weighted by Crippen LogP contribution is 2.25. The van der Waals surface area contributed by atoms with Crippen molar-refractivity contribution in [3.63, 3.8) is 0 Å². The van der Waals surface area contributed by atoms with Crippen molar-refractivity contribution in [1.82, 2.24) is 4.90 Å². The van der Waals surface area contributed by atoms with Crippen LogP contribution < -0.4 is 5.32 Å². The molecule has 0 radical (unpaired) electrons. The number of thiophene rings is 1. The zero-order chi connectivity index (χ0) is 17.5. The number of ether oxygens (including phenoxy) is 1. The van der Waals surface area contributed by atoms with Gasteiger partial charge in [-0.2, -0.15) is 0 Å². The first-order valence-corrected chi connectivity index (χ1v) is 8.52. The molecule has 0 unspecified atom stereocenters. The molecule has 2 amide bonds. The number of carbonyl (C=O) groups excluding carboxylic acids is 2. The molecule has 0 aromatic carbocycles. The summed E-state index contributed by atoms with van der Waals surface area (Å²) in [6.45, 7) is 4.78. The summed E-state index contributed by atoms with van der Waals surface area (Å²) < 4.78 is 4.99. The minimum atomic E-state index is -1.06.